The van der Waals surface area contributed by atoms with Crippen LogP contribution in [-0.2, 0) is 16.1 Å². The minimum atomic E-state index is -3.06. The van der Waals surface area contributed by atoms with Crippen LogP contribution in [0.25, 0.3) is 0 Å². The standard InChI is InChI=1S/C13H17F2N3O3/c1-13(14,15)7-10(16)11(19)17-18-12(20)21-8-9-5-3-2-4-6-9/h2-6,10H,7-8,16H2,1H3,(H,17,19)(H,18,20)/t10-/m0/s1. The van der Waals surface area contributed by atoms with Crippen molar-refractivity contribution in [2.24, 2.45) is 5.73 Å². The van der Waals surface area contributed by atoms with E-state index in [1.54, 1.807) is 24.3 Å². The van der Waals surface area contributed by atoms with Crippen molar-refractivity contribution in [2.45, 2.75) is 31.9 Å². The molecular formula is C13H17F2N3O3. The van der Waals surface area contributed by atoms with Gasteiger partial charge in [0, 0.05) is 6.42 Å². The summed E-state index contributed by atoms with van der Waals surface area (Å²) in [6, 6.07) is 7.45. The highest BCUT2D eigenvalue weighted by molar-refractivity contribution is 5.83. The smallest absolute Gasteiger partial charge is 0.426 e. The minimum absolute atomic E-state index is 0.0155. The number of hydrogen-bond acceptors (Lipinski definition) is 4. The zero-order valence-corrected chi connectivity index (χ0v) is 11.4. The molecule has 0 saturated carbocycles. The Morgan fingerprint density at radius 3 is 2.48 bits per heavy atom. The number of nitrogens with one attached hydrogen (secondary N) is 2. The van der Waals surface area contributed by atoms with E-state index in [1.165, 1.54) is 0 Å². The molecule has 0 aromatic heterocycles. The van der Waals surface area contributed by atoms with Gasteiger partial charge in [-0.25, -0.2) is 19.0 Å². The average molecular weight is 301 g/mol. The molecule has 0 radical (unpaired) electrons. The lowest BCUT2D eigenvalue weighted by Gasteiger charge is -2.16. The lowest BCUT2D eigenvalue weighted by molar-refractivity contribution is -0.125. The number of rotatable bonds is 5. The van der Waals surface area contributed by atoms with Crippen LogP contribution in [0.3, 0.4) is 0 Å². The highest BCUT2D eigenvalue weighted by Gasteiger charge is 2.28. The van der Waals surface area contributed by atoms with Gasteiger partial charge in [-0.2, -0.15) is 0 Å². The average Bonchev–Trinajstić information content (AvgIpc) is 2.41. The summed E-state index contributed by atoms with van der Waals surface area (Å²) in [7, 11) is 0. The summed E-state index contributed by atoms with van der Waals surface area (Å²) < 4.78 is 30.1. The van der Waals surface area contributed by atoms with Crippen molar-refractivity contribution in [1.82, 2.24) is 10.9 Å². The molecule has 1 atom stereocenters. The van der Waals surface area contributed by atoms with Gasteiger partial charge in [-0.15, -0.1) is 0 Å². The van der Waals surface area contributed by atoms with Gasteiger partial charge in [-0.3, -0.25) is 10.2 Å². The molecule has 0 bridgehead atoms. The van der Waals surface area contributed by atoms with Crippen LogP contribution in [0.1, 0.15) is 18.9 Å². The van der Waals surface area contributed by atoms with Gasteiger partial charge in [-0.1, -0.05) is 30.3 Å². The van der Waals surface area contributed by atoms with E-state index in [2.05, 4.69) is 0 Å². The van der Waals surface area contributed by atoms with Crippen LogP contribution in [-0.4, -0.2) is 24.0 Å². The molecule has 116 valence electrons. The summed E-state index contributed by atoms with van der Waals surface area (Å²) in [4.78, 5) is 22.7. The highest BCUT2D eigenvalue weighted by atomic mass is 19.3. The number of amides is 2. The summed E-state index contributed by atoms with van der Waals surface area (Å²) in [5.41, 5.74) is 9.89. The molecule has 1 aromatic carbocycles. The Bertz CT molecular complexity index is 477. The summed E-state index contributed by atoms with van der Waals surface area (Å²) in [5.74, 6) is -3.99. The Kier molecular flexibility index (Phi) is 6.04. The fourth-order valence-electron chi connectivity index (χ4n) is 1.44. The maximum Gasteiger partial charge on any atom is 0.426 e. The first kappa shape index (κ1) is 16.8. The maximum absolute atomic E-state index is 12.7. The van der Waals surface area contributed by atoms with Crippen molar-refractivity contribution < 1.29 is 23.1 Å². The third kappa shape index (κ3) is 7.21. The number of hydrazine groups is 1. The molecule has 6 nitrogen and oxygen atoms in total. The summed E-state index contributed by atoms with van der Waals surface area (Å²) >= 11 is 0. The van der Waals surface area contributed by atoms with Crippen molar-refractivity contribution in [3.8, 4) is 0 Å². The van der Waals surface area contributed by atoms with Crippen molar-refractivity contribution in [3.63, 3.8) is 0 Å². The van der Waals surface area contributed by atoms with E-state index >= 15 is 0 Å². The number of alkyl halides is 2. The van der Waals surface area contributed by atoms with E-state index in [4.69, 9.17) is 10.5 Å². The first-order valence-corrected chi connectivity index (χ1v) is 6.18. The number of hydrogen-bond donors (Lipinski definition) is 3. The Hall–Kier alpha value is -2.22. The van der Waals surface area contributed by atoms with E-state index in [-0.39, 0.29) is 6.61 Å². The second-order valence-electron chi connectivity index (χ2n) is 4.56. The summed E-state index contributed by atoms with van der Waals surface area (Å²) in [6.07, 6.45) is -1.73. The summed E-state index contributed by atoms with van der Waals surface area (Å²) in [6.45, 7) is 0.670. The fourth-order valence-corrected chi connectivity index (χ4v) is 1.44. The maximum atomic E-state index is 12.7. The first-order valence-electron chi connectivity index (χ1n) is 6.18. The molecule has 21 heavy (non-hydrogen) atoms. The van der Waals surface area contributed by atoms with Gasteiger partial charge in [0.25, 0.3) is 5.91 Å². The van der Waals surface area contributed by atoms with E-state index in [1.807, 2.05) is 16.9 Å². The van der Waals surface area contributed by atoms with Crippen molar-refractivity contribution in [1.29, 1.82) is 0 Å². The molecule has 8 heteroatoms. The van der Waals surface area contributed by atoms with E-state index in [9.17, 15) is 18.4 Å². The Balaban J connectivity index is 2.28. The Morgan fingerprint density at radius 2 is 1.90 bits per heavy atom. The van der Waals surface area contributed by atoms with Crippen molar-refractivity contribution >= 4 is 12.0 Å². The van der Waals surface area contributed by atoms with Gasteiger partial charge in [0.05, 0.1) is 6.04 Å². The molecule has 0 aliphatic heterocycles. The van der Waals surface area contributed by atoms with Gasteiger partial charge in [0.15, 0.2) is 0 Å². The molecule has 0 unspecified atom stereocenters. The van der Waals surface area contributed by atoms with Gasteiger partial charge in [0.1, 0.15) is 6.61 Å². The zero-order valence-electron chi connectivity index (χ0n) is 11.4. The molecule has 0 heterocycles. The quantitative estimate of drug-likeness (QED) is 0.715. The second kappa shape index (κ2) is 7.53. The van der Waals surface area contributed by atoms with Crippen molar-refractivity contribution in [2.75, 3.05) is 0 Å². The summed E-state index contributed by atoms with van der Waals surface area (Å²) in [5, 5.41) is 0. The van der Waals surface area contributed by atoms with Gasteiger partial charge in [-0.05, 0) is 12.5 Å². The predicted molar refractivity (Wildman–Crippen MR) is 71.1 cm³/mol. The Morgan fingerprint density at radius 1 is 1.29 bits per heavy atom. The molecule has 2 amide bonds. The Labute approximate surface area is 120 Å². The minimum Gasteiger partial charge on any atom is -0.443 e. The van der Waals surface area contributed by atoms with Crippen LogP contribution in [0.2, 0.25) is 0 Å². The third-order valence-electron chi connectivity index (χ3n) is 2.42. The molecule has 0 aliphatic rings. The molecule has 4 N–H and O–H groups in total. The number of carbonyl (C=O) groups is 2. The number of benzene rings is 1. The van der Waals surface area contributed by atoms with Crippen molar-refractivity contribution in [3.05, 3.63) is 35.9 Å². The number of halogens is 2. The van der Waals surface area contributed by atoms with Crippen LogP contribution in [0, 0.1) is 0 Å². The van der Waals surface area contributed by atoms with E-state index in [0.29, 0.717) is 6.92 Å². The fraction of sp³-hybridized carbons (Fsp3) is 0.385. The third-order valence-corrected chi connectivity index (χ3v) is 2.42. The topological polar surface area (TPSA) is 93.5 Å². The van der Waals surface area contributed by atoms with Crippen LogP contribution in [0.5, 0.6) is 0 Å². The molecule has 0 saturated heterocycles. The van der Waals surface area contributed by atoms with Crippen LogP contribution < -0.4 is 16.6 Å². The first-order chi connectivity index (χ1) is 9.78. The van der Waals surface area contributed by atoms with Crippen LogP contribution >= 0.6 is 0 Å². The molecule has 0 fully saturated rings. The number of nitrogens with two attached hydrogens (primary N) is 1. The second-order valence-corrected chi connectivity index (χ2v) is 4.56. The molecule has 1 rings (SSSR count). The number of carbonyl (C=O) groups excluding carboxylic acids is 2. The van der Waals surface area contributed by atoms with Crippen LogP contribution in [0.4, 0.5) is 13.6 Å². The molecule has 1 aromatic rings. The molecule has 0 aliphatic carbocycles. The largest absolute Gasteiger partial charge is 0.443 e. The van der Waals surface area contributed by atoms with E-state index in [0.717, 1.165) is 5.56 Å². The number of ether oxygens (including phenoxy) is 1. The van der Waals surface area contributed by atoms with Gasteiger partial charge < -0.3 is 10.5 Å². The zero-order chi connectivity index (χ0) is 15.9. The monoisotopic (exact) mass is 301 g/mol. The van der Waals surface area contributed by atoms with Gasteiger partial charge in [0.2, 0.25) is 5.92 Å². The molecule has 0 spiro atoms. The lowest BCUT2D eigenvalue weighted by atomic mass is 10.1. The normalized spacial score (nSPS) is 12.4. The predicted octanol–water partition coefficient (Wildman–Crippen LogP) is 1.32. The SMILES string of the molecule is CC(F)(F)C[C@H](N)C(=O)NNC(=O)OCc1ccccc1. The lowest BCUT2D eigenvalue weighted by Crippen LogP contribution is -2.50. The van der Waals surface area contributed by atoms with Crippen LogP contribution in [0.15, 0.2) is 30.3 Å². The van der Waals surface area contributed by atoms with Gasteiger partial charge >= 0.3 is 6.09 Å². The molecular weight excluding hydrogens is 284 g/mol. The highest BCUT2D eigenvalue weighted by Crippen LogP contribution is 2.17. The van der Waals surface area contributed by atoms with E-state index < -0.39 is 30.4 Å².